The molecule has 1 aliphatic rings. The van der Waals surface area contributed by atoms with Crippen molar-refractivity contribution < 1.29 is 0 Å². The number of hydrogen-bond acceptors (Lipinski definition) is 4. The average Bonchev–Trinajstić information content (AvgIpc) is 2.28. The first-order valence-electron chi connectivity index (χ1n) is 6.07. The van der Waals surface area contributed by atoms with Gasteiger partial charge in [0.15, 0.2) is 0 Å². The summed E-state index contributed by atoms with van der Waals surface area (Å²) in [6.07, 6.45) is 5.41. The highest BCUT2D eigenvalue weighted by atomic mass is 15.2. The van der Waals surface area contributed by atoms with Gasteiger partial charge in [0.1, 0.15) is 11.6 Å². The van der Waals surface area contributed by atoms with E-state index in [4.69, 9.17) is 5.73 Å². The molecule has 1 fully saturated rings. The summed E-state index contributed by atoms with van der Waals surface area (Å²) in [5.41, 5.74) is 5.48. The number of nitrogens with one attached hydrogen (secondary N) is 1. The van der Waals surface area contributed by atoms with Crippen LogP contribution in [0.3, 0.4) is 0 Å². The van der Waals surface area contributed by atoms with Gasteiger partial charge in [-0.2, -0.15) is 0 Å². The van der Waals surface area contributed by atoms with E-state index in [1.807, 2.05) is 6.07 Å². The first-order valence-corrected chi connectivity index (χ1v) is 6.07. The maximum Gasteiger partial charge on any atom is 0.148 e. The normalized spacial score (nSPS) is 25.3. The van der Waals surface area contributed by atoms with Crippen LogP contribution in [0.4, 0.5) is 11.6 Å². The number of anilines is 2. The molecule has 0 spiro atoms. The molecule has 1 aliphatic carbocycles. The molecule has 1 aromatic heterocycles. The van der Waals surface area contributed by atoms with Crippen molar-refractivity contribution in [1.82, 2.24) is 10.2 Å². The maximum atomic E-state index is 5.48. The highest BCUT2D eigenvalue weighted by Gasteiger charge is 2.18. The first kappa shape index (κ1) is 11.2. The van der Waals surface area contributed by atoms with E-state index in [0.717, 1.165) is 24.2 Å². The molecule has 4 nitrogen and oxygen atoms in total. The van der Waals surface area contributed by atoms with Gasteiger partial charge in [0.2, 0.25) is 0 Å². The summed E-state index contributed by atoms with van der Waals surface area (Å²) in [4.78, 5) is 0. The minimum atomic E-state index is 0.469. The van der Waals surface area contributed by atoms with Gasteiger partial charge in [0.25, 0.3) is 0 Å². The van der Waals surface area contributed by atoms with Crippen molar-refractivity contribution in [2.24, 2.45) is 11.8 Å². The average molecular weight is 220 g/mol. The number of nitrogens with zero attached hydrogens (tertiary/aromatic N) is 2. The SMILES string of the molecule is CC1CCCC(CNc2ccc(N)nn2)C1. The second-order valence-electron chi connectivity index (χ2n) is 4.86. The summed E-state index contributed by atoms with van der Waals surface area (Å²) in [5.74, 6) is 2.95. The van der Waals surface area contributed by atoms with Crippen LogP contribution in [-0.2, 0) is 0 Å². The van der Waals surface area contributed by atoms with Crippen molar-refractivity contribution in [3.8, 4) is 0 Å². The third-order valence-electron chi connectivity index (χ3n) is 3.30. The van der Waals surface area contributed by atoms with Gasteiger partial charge in [-0.1, -0.05) is 19.8 Å². The Morgan fingerprint density at radius 1 is 1.38 bits per heavy atom. The highest BCUT2D eigenvalue weighted by molar-refractivity contribution is 5.38. The third kappa shape index (κ3) is 3.08. The Morgan fingerprint density at radius 3 is 2.94 bits per heavy atom. The van der Waals surface area contributed by atoms with Crippen LogP contribution >= 0.6 is 0 Å². The second kappa shape index (κ2) is 5.14. The molecule has 0 saturated heterocycles. The third-order valence-corrected chi connectivity index (χ3v) is 3.30. The van der Waals surface area contributed by atoms with Crippen LogP contribution in [0.1, 0.15) is 32.6 Å². The molecular formula is C12H20N4. The van der Waals surface area contributed by atoms with Crippen molar-refractivity contribution in [2.45, 2.75) is 32.6 Å². The van der Waals surface area contributed by atoms with Gasteiger partial charge >= 0.3 is 0 Å². The van der Waals surface area contributed by atoms with E-state index in [1.54, 1.807) is 6.07 Å². The van der Waals surface area contributed by atoms with Gasteiger partial charge < -0.3 is 11.1 Å². The number of hydrogen-bond donors (Lipinski definition) is 2. The summed E-state index contributed by atoms with van der Waals surface area (Å²) >= 11 is 0. The molecule has 1 aromatic rings. The van der Waals surface area contributed by atoms with Crippen molar-refractivity contribution >= 4 is 11.6 Å². The lowest BCUT2D eigenvalue weighted by atomic mass is 9.82. The van der Waals surface area contributed by atoms with Gasteiger partial charge in [-0.05, 0) is 36.8 Å². The van der Waals surface area contributed by atoms with E-state index in [9.17, 15) is 0 Å². The molecule has 3 N–H and O–H groups in total. The van der Waals surface area contributed by atoms with E-state index >= 15 is 0 Å². The number of nitrogen functional groups attached to an aromatic ring is 1. The molecule has 88 valence electrons. The van der Waals surface area contributed by atoms with Crippen molar-refractivity contribution in [3.63, 3.8) is 0 Å². The standard InChI is InChI=1S/C12H20N4/c1-9-3-2-4-10(7-9)8-14-12-6-5-11(13)15-16-12/h5-6,9-10H,2-4,7-8H2,1H3,(H2,13,15)(H,14,16). The molecule has 2 atom stereocenters. The van der Waals surface area contributed by atoms with Crippen LogP contribution in [-0.4, -0.2) is 16.7 Å². The van der Waals surface area contributed by atoms with Crippen LogP contribution < -0.4 is 11.1 Å². The predicted octanol–water partition coefficient (Wildman–Crippen LogP) is 2.30. The molecule has 0 radical (unpaired) electrons. The minimum absolute atomic E-state index is 0.469. The Balaban J connectivity index is 1.80. The van der Waals surface area contributed by atoms with Gasteiger partial charge in [-0.15, -0.1) is 10.2 Å². The van der Waals surface area contributed by atoms with Gasteiger partial charge in [-0.3, -0.25) is 0 Å². The van der Waals surface area contributed by atoms with E-state index in [0.29, 0.717) is 5.82 Å². The lowest BCUT2D eigenvalue weighted by molar-refractivity contribution is 0.293. The molecule has 4 heteroatoms. The van der Waals surface area contributed by atoms with Crippen molar-refractivity contribution in [1.29, 1.82) is 0 Å². The number of rotatable bonds is 3. The summed E-state index contributed by atoms with van der Waals surface area (Å²) in [6.45, 7) is 3.35. The van der Waals surface area contributed by atoms with Crippen LogP contribution in [0.15, 0.2) is 12.1 Å². The quantitative estimate of drug-likeness (QED) is 0.820. The van der Waals surface area contributed by atoms with E-state index in [2.05, 4.69) is 22.4 Å². The Bertz CT molecular complexity index is 322. The van der Waals surface area contributed by atoms with Crippen molar-refractivity contribution in [2.75, 3.05) is 17.6 Å². The topological polar surface area (TPSA) is 63.8 Å². The zero-order valence-electron chi connectivity index (χ0n) is 9.82. The molecule has 2 unspecified atom stereocenters. The first-order chi connectivity index (χ1) is 7.74. The summed E-state index contributed by atoms with van der Waals surface area (Å²) in [5, 5.41) is 11.2. The summed E-state index contributed by atoms with van der Waals surface area (Å²) < 4.78 is 0. The van der Waals surface area contributed by atoms with Gasteiger partial charge in [-0.25, -0.2) is 0 Å². The lowest BCUT2D eigenvalue weighted by Gasteiger charge is -2.26. The molecule has 0 amide bonds. The number of nitrogens with two attached hydrogens (primary N) is 1. The van der Waals surface area contributed by atoms with E-state index in [1.165, 1.54) is 25.7 Å². The Hall–Kier alpha value is -1.32. The maximum absolute atomic E-state index is 5.48. The van der Waals surface area contributed by atoms with E-state index in [-0.39, 0.29) is 0 Å². The zero-order valence-corrected chi connectivity index (χ0v) is 9.82. The van der Waals surface area contributed by atoms with Gasteiger partial charge in [0.05, 0.1) is 0 Å². The van der Waals surface area contributed by atoms with Gasteiger partial charge in [0, 0.05) is 6.54 Å². The monoisotopic (exact) mass is 220 g/mol. The lowest BCUT2D eigenvalue weighted by Crippen LogP contribution is -2.21. The molecule has 1 heterocycles. The van der Waals surface area contributed by atoms with Crippen LogP contribution in [0.5, 0.6) is 0 Å². The largest absolute Gasteiger partial charge is 0.382 e. The smallest absolute Gasteiger partial charge is 0.148 e. The molecular weight excluding hydrogens is 200 g/mol. The molecule has 2 rings (SSSR count). The predicted molar refractivity (Wildman–Crippen MR) is 66.1 cm³/mol. The molecule has 0 aromatic carbocycles. The van der Waals surface area contributed by atoms with Crippen molar-refractivity contribution in [3.05, 3.63) is 12.1 Å². The van der Waals surface area contributed by atoms with Crippen LogP contribution in [0.25, 0.3) is 0 Å². The Kier molecular flexibility index (Phi) is 3.59. The fourth-order valence-corrected chi connectivity index (χ4v) is 2.43. The Labute approximate surface area is 96.6 Å². The van der Waals surface area contributed by atoms with Crippen LogP contribution in [0, 0.1) is 11.8 Å². The summed E-state index contributed by atoms with van der Waals surface area (Å²) in [7, 11) is 0. The van der Waals surface area contributed by atoms with Crippen LogP contribution in [0.2, 0.25) is 0 Å². The second-order valence-corrected chi connectivity index (χ2v) is 4.86. The van der Waals surface area contributed by atoms with E-state index < -0.39 is 0 Å². The number of aromatic nitrogens is 2. The minimum Gasteiger partial charge on any atom is -0.382 e. The molecule has 0 bridgehead atoms. The fraction of sp³-hybridized carbons (Fsp3) is 0.667. The fourth-order valence-electron chi connectivity index (χ4n) is 2.43. The summed E-state index contributed by atoms with van der Waals surface area (Å²) in [6, 6.07) is 3.66. The molecule has 1 saturated carbocycles. The molecule has 0 aliphatic heterocycles. The highest BCUT2D eigenvalue weighted by Crippen LogP contribution is 2.28. The molecule has 16 heavy (non-hydrogen) atoms. The Morgan fingerprint density at radius 2 is 2.25 bits per heavy atom. The zero-order chi connectivity index (χ0) is 11.4.